The molecule has 0 bridgehead atoms. The van der Waals surface area contributed by atoms with Crippen molar-refractivity contribution in [3.05, 3.63) is 28.5 Å². The van der Waals surface area contributed by atoms with Crippen LogP contribution in [0.1, 0.15) is 6.92 Å². The van der Waals surface area contributed by atoms with Crippen LogP contribution in [-0.4, -0.2) is 13.2 Å². The van der Waals surface area contributed by atoms with Crippen molar-refractivity contribution in [3.63, 3.8) is 0 Å². The molecule has 17 heavy (non-hydrogen) atoms. The molecule has 0 atom stereocenters. The lowest BCUT2D eigenvalue weighted by atomic mass is 10.5. The van der Waals surface area contributed by atoms with E-state index in [1.165, 1.54) is 13.4 Å². The molecule has 0 radical (unpaired) electrons. The molecule has 0 saturated carbocycles. The molecule has 6 heteroatoms. The van der Waals surface area contributed by atoms with Crippen molar-refractivity contribution in [2.24, 2.45) is 0 Å². The lowest BCUT2D eigenvalue weighted by Gasteiger charge is -2.13. The van der Waals surface area contributed by atoms with E-state index in [4.69, 9.17) is 15.9 Å². The lowest BCUT2D eigenvalue weighted by molar-refractivity contribution is 0.0949. The standard InChI is InChI=1S/C11H8O2S4/c1-3-7-6(2)14-10(15-7)11-16-8-9(17-11)13-5-4-12-8/h1H,4-5H2,2H3. The third-order valence-electron chi connectivity index (χ3n) is 2.15. The molecular formula is C11H8O2S4. The Morgan fingerprint density at radius 2 is 1.59 bits per heavy atom. The zero-order valence-electron chi connectivity index (χ0n) is 8.94. The van der Waals surface area contributed by atoms with Crippen LogP contribution in [0.2, 0.25) is 0 Å². The van der Waals surface area contributed by atoms with Gasteiger partial charge in [-0.1, -0.05) is 29.4 Å². The van der Waals surface area contributed by atoms with Crippen LogP contribution in [0, 0.1) is 12.3 Å². The molecule has 88 valence electrons. The smallest absolute Gasteiger partial charge is 0.208 e. The average molecular weight is 300 g/mol. The summed E-state index contributed by atoms with van der Waals surface area (Å²) in [6, 6.07) is 0. The molecule has 0 fully saturated rings. The van der Waals surface area contributed by atoms with Crippen LogP contribution in [0.4, 0.5) is 0 Å². The largest absolute Gasteiger partial charge is 0.480 e. The number of rotatable bonds is 0. The zero-order valence-corrected chi connectivity index (χ0v) is 12.2. The first-order valence-corrected chi connectivity index (χ1v) is 8.17. The highest BCUT2D eigenvalue weighted by molar-refractivity contribution is 8.34. The molecule has 0 N–H and O–H groups in total. The molecule has 2 nitrogen and oxygen atoms in total. The second-order valence-electron chi connectivity index (χ2n) is 3.28. The van der Waals surface area contributed by atoms with E-state index in [0.29, 0.717) is 13.2 Å². The second-order valence-corrected chi connectivity index (χ2v) is 8.01. The molecule has 0 aromatic rings. The van der Waals surface area contributed by atoms with Crippen molar-refractivity contribution in [2.45, 2.75) is 6.92 Å². The third-order valence-corrected chi connectivity index (χ3v) is 7.59. The summed E-state index contributed by atoms with van der Waals surface area (Å²) < 4.78 is 13.6. The normalized spacial score (nSPS) is 23.5. The predicted molar refractivity (Wildman–Crippen MR) is 77.9 cm³/mol. The van der Waals surface area contributed by atoms with E-state index in [0.717, 1.165) is 15.1 Å². The van der Waals surface area contributed by atoms with E-state index in [2.05, 4.69) is 12.8 Å². The molecule has 0 aliphatic carbocycles. The highest BCUT2D eigenvalue weighted by Crippen LogP contribution is 2.60. The number of hydrogen-bond acceptors (Lipinski definition) is 6. The molecule has 0 amide bonds. The van der Waals surface area contributed by atoms with Gasteiger partial charge in [0, 0.05) is 4.91 Å². The van der Waals surface area contributed by atoms with Gasteiger partial charge in [-0.25, -0.2) is 0 Å². The number of ether oxygens (including phenoxy) is 2. The van der Waals surface area contributed by atoms with Gasteiger partial charge in [0.2, 0.25) is 10.2 Å². The van der Waals surface area contributed by atoms with E-state index in [9.17, 15) is 0 Å². The number of thioether (sulfide) groups is 4. The number of terminal acetylenes is 1. The fourth-order valence-corrected chi connectivity index (χ4v) is 6.36. The van der Waals surface area contributed by atoms with Crippen molar-refractivity contribution in [1.82, 2.24) is 0 Å². The summed E-state index contributed by atoms with van der Waals surface area (Å²) in [5.74, 6) is 2.72. The Hall–Kier alpha value is -0.220. The van der Waals surface area contributed by atoms with E-state index < -0.39 is 0 Å². The maximum Gasteiger partial charge on any atom is 0.208 e. The van der Waals surface area contributed by atoms with Crippen molar-refractivity contribution in [3.8, 4) is 12.3 Å². The van der Waals surface area contributed by atoms with E-state index >= 15 is 0 Å². The summed E-state index contributed by atoms with van der Waals surface area (Å²) >= 11 is 6.70. The van der Waals surface area contributed by atoms with Crippen LogP contribution in [0.25, 0.3) is 0 Å². The molecule has 0 aromatic carbocycles. The maximum atomic E-state index is 5.56. The highest BCUT2D eigenvalue weighted by Gasteiger charge is 2.32. The molecule has 0 saturated heterocycles. The third kappa shape index (κ3) is 2.22. The number of hydrogen-bond donors (Lipinski definition) is 0. The molecule has 0 unspecified atom stereocenters. The predicted octanol–water partition coefficient (Wildman–Crippen LogP) is 4.11. The molecule has 3 rings (SSSR count). The van der Waals surface area contributed by atoms with Crippen molar-refractivity contribution in [1.29, 1.82) is 0 Å². The van der Waals surface area contributed by atoms with Gasteiger partial charge < -0.3 is 9.47 Å². The van der Waals surface area contributed by atoms with Crippen LogP contribution in [0.5, 0.6) is 0 Å². The Kier molecular flexibility index (Phi) is 3.35. The van der Waals surface area contributed by atoms with Crippen LogP contribution >= 0.6 is 47.0 Å². The Bertz CT molecular complexity index is 490. The Morgan fingerprint density at radius 3 is 2.12 bits per heavy atom. The van der Waals surface area contributed by atoms with E-state index in [1.807, 2.05) is 0 Å². The maximum absolute atomic E-state index is 5.56. The van der Waals surface area contributed by atoms with Gasteiger partial charge in [-0.2, -0.15) is 0 Å². The van der Waals surface area contributed by atoms with Crippen LogP contribution in [-0.2, 0) is 9.47 Å². The first-order valence-electron chi connectivity index (χ1n) is 4.91. The van der Waals surface area contributed by atoms with Crippen LogP contribution in [0.15, 0.2) is 28.5 Å². The summed E-state index contributed by atoms with van der Waals surface area (Å²) in [5, 5.41) is 1.80. The van der Waals surface area contributed by atoms with Gasteiger partial charge in [0.25, 0.3) is 0 Å². The second kappa shape index (κ2) is 4.81. The summed E-state index contributed by atoms with van der Waals surface area (Å²) in [5.41, 5.74) is 0. The highest BCUT2D eigenvalue weighted by atomic mass is 32.2. The van der Waals surface area contributed by atoms with Gasteiger partial charge in [0.05, 0.1) is 13.4 Å². The van der Waals surface area contributed by atoms with Gasteiger partial charge >= 0.3 is 0 Å². The minimum Gasteiger partial charge on any atom is -0.480 e. The summed E-state index contributed by atoms with van der Waals surface area (Å²) in [4.78, 5) is 2.22. The minimum absolute atomic E-state index is 0.641. The summed E-state index contributed by atoms with van der Waals surface area (Å²) in [7, 11) is 0. The molecule has 3 heterocycles. The monoisotopic (exact) mass is 300 g/mol. The molecule has 3 aliphatic rings. The van der Waals surface area contributed by atoms with Crippen molar-refractivity contribution in [2.75, 3.05) is 13.2 Å². The van der Waals surface area contributed by atoms with E-state index in [1.54, 1.807) is 47.0 Å². The molecule has 0 spiro atoms. The lowest BCUT2D eigenvalue weighted by Crippen LogP contribution is -2.08. The van der Waals surface area contributed by atoms with Crippen LogP contribution in [0.3, 0.4) is 0 Å². The fraction of sp³-hybridized carbons (Fsp3) is 0.273. The van der Waals surface area contributed by atoms with Crippen molar-refractivity contribution < 1.29 is 9.47 Å². The van der Waals surface area contributed by atoms with Gasteiger partial charge in [0.1, 0.15) is 13.2 Å². The minimum atomic E-state index is 0.641. The average Bonchev–Trinajstić information content (AvgIpc) is 2.91. The fourth-order valence-electron chi connectivity index (χ4n) is 1.39. The first-order chi connectivity index (χ1) is 8.28. The SMILES string of the molecule is C#CC1=C(C)SC(=C2SC3=C(OCCO3)S2)S1. The van der Waals surface area contributed by atoms with Crippen molar-refractivity contribution >= 4 is 47.0 Å². The quantitative estimate of drug-likeness (QED) is 0.622. The number of allylic oxidation sites excluding steroid dienone is 2. The molecular weight excluding hydrogens is 292 g/mol. The Labute approximate surface area is 117 Å². The Balaban J connectivity index is 1.80. The topological polar surface area (TPSA) is 18.5 Å². The van der Waals surface area contributed by atoms with Gasteiger partial charge in [-0.3, -0.25) is 0 Å². The molecule has 3 aliphatic heterocycles. The zero-order chi connectivity index (χ0) is 11.8. The summed E-state index contributed by atoms with van der Waals surface area (Å²) in [6.07, 6.45) is 5.46. The van der Waals surface area contributed by atoms with E-state index in [-0.39, 0.29) is 0 Å². The van der Waals surface area contributed by atoms with Crippen LogP contribution < -0.4 is 0 Å². The van der Waals surface area contributed by atoms with Gasteiger partial charge in [0.15, 0.2) is 0 Å². The molecule has 0 aromatic heterocycles. The first kappa shape index (κ1) is 11.8. The summed E-state index contributed by atoms with van der Waals surface area (Å²) in [6.45, 7) is 3.34. The Morgan fingerprint density at radius 1 is 1.00 bits per heavy atom. The van der Waals surface area contributed by atoms with Gasteiger partial charge in [-0.05, 0) is 30.4 Å². The van der Waals surface area contributed by atoms with Gasteiger partial charge in [-0.15, -0.1) is 6.42 Å².